The Balaban J connectivity index is 1.88. The van der Waals surface area contributed by atoms with Gasteiger partial charge in [-0.2, -0.15) is 0 Å². The highest BCUT2D eigenvalue weighted by Crippen LogP contribution is 2.51. The van der Waals surface area contributed by atoms with Crippen molar-refractivity contribution in [2.24, 2.45) is 5.41 Å². The number of nitrogens with one attached hydrogen (secondary N) is 1. The van der Waals surface area contributed by atoms with Gasteiger partial charge in [-0.05, 0) is 55.0 Å². The highest BCUT2D eigenvalue weighted by Gasteiger charge is 2.41. The standard InChI is InChI=1S/C27H34N2O3/c1-7-29(8-2)18-11-9-17(10-12-18)25-19-13-23(31-5)24(32-6)14-20(19)28-21-15-27(3,4)16-22(30)26(21)25/h9-14,25,28H,7-8,15-16H2,1-6H3. The molecule has 2 aliphatic rings. The van der Waals surface area contributed by atoms with Crippen molar-refractivity contribution in [3.63, 3.8) is 0 Å². The summed E-state index contributed by atoms with van der Waals surface area (Å²) in [7, 11) is 3.29. The second kappa shape index (κ2) is 8.53. The summed E-state index contributed by atoms with van der Waals surface area (Å²) < 4.78 is 11.2. The van der Waals surface area contributed by atoms with Crippen molar-refractivity contribution in [2.75, 3.05) is 37.5 Å². The molecule has 5 heteroatoms. The van der Waals surface area contributed by atoms with Crippen molar-refractivity contribution in [1.82, 2.24) is 0 Å². The molecule has 1 unspecified atom stereocenters. The van der Waals surface area contributed by atoms with Crippen molar-refractivity contribution in [1.29, 1.82) is 0 Å². The molecular weight excluding hydrogens is 400 g/mol. The van der Waals surface area contributed by atoms with Crippen LogP contribution >= 0.6 is 0 Å². The highest BCUT2D eigenvalue weighted by atomic mass is 16.5. The fourth-order valence-corrected chi connectivity index (χ4v) is 5.15. The molecule has 32 heavy (non-hydrogen) atoms. The topological polar surface area (TPSA) is 50.8 Å². The summed E-state index contributed by atoms with van der Waals surface area (Å²) in [4.78, 5) is 15.7. The molecular formula is C27H34N2O3. The first-order valence-corrected chi connectivity index (χ1v) is 11.5. The van der Waals surface area contributed by atoms with Crippen LogP contribution in [0.1, 0.15) is 57.6 Å². The molecule has 0 bridgehead atoms. The van der Waals surface area contributed by atoms with Crippen LogP contribution in [-0.4, -0.2) is 33.1 Å². The van der Waals surface area contributed by atoms with E-state index in [2.05, 4.69) is 62.2 Å². The van der Waals surface area contributed by atoms with E-state index in [9.17, 15) is 4.79 Å². The summed E-state index contributed by atoms with van der Waals surface area (Å²) >= 11 is 0. The van der Waals surface area contributed by atoms with Gasteiger partial charge in [-0.25, -0.2) is 0 Å². The Morgan fingerprint density at radius 3 is 2.22 bits per heavy atom. The number of hydrogen-bond acceptors (Lipinski definition) is 5. The zero-order valence-electron chi connectivity index (χ0n) is 20.0. The molecule has 170 valence electrons. The Hall–Kier alpha value is -2.95. The first-order chi connectivity index (χ1) is 15.3. The summed E-state index contributed by atoms with van der Waals surface area (Å²) in [6.45, 7) is 10.6. The van der Waals surface area contributed by atoms with E-state index in [1.807, 2.05) is 12.1 Å². The lowest BCUT2D eigenvalue weighted by molar-refractivity contribution is -0.118. The van der Waals surface area contributed by atoms with Crippen molar-refractivity contribution in [3.8, 4) is 11.5 Å². The van der Waals surface area contributed by atoms with Gasteiger partial charge in [-0.3, -0.25) is 4.79 Å². The average molecular weight is 435 g/mol. The van der Waals surface area contributed by atoms with Gasteiger partial charge < -0.3 is 19.7 Å². The predicted octanol–water partition coefficient (Wildman–Crippen LogP) is 5.75. The maximum absolute atomic E-state index is 13.4. The van der Waals surface area contributed by atoms with Gasteiger partial charge in [-0.1, -0.05) is 26.0 Å². The quantitative estimate of drug-likeness (QED) is 0.627. The van der Waals surface area contributed by atoms with Crippen LogP contribution in [-0.2, 0) is 4.79 Å². The number of Topliss-reactive ketones (excluding diaryl/α,β-unsaturated/α-hetero) is 1. The van der Waals surface area contributed by atoms with E-state index in [4.69, 9.17) is 9.47 Å². The second-order valence-corrected chi connectivity index (χ2v) is 9.45. The van der Waals surface area contributed by atoms with Crippen LogP contribution in [0.3, 0.4) is 0 Å². The number of ketones is 1. The number of fused-ring (bicyclic) bond motifs is 1. The average Bonchev–Trinajstić information content (AvgIpc) is 2.77. The molecule has 1 aliphatic carbocycles. The molecule has 0 radical (unpaired) electrons. The lowest BCUT2D eigenvalue weighted by atomic mass is 9.68. The largest absolute Gasteiger partial charge is 0.493 e. The molecule has 2 aromatic rings. The molecule has 0 spiro atoms. The van der Waals surface area contributed by atoms with Crippen LogP contribution in [0.25, 0.3) is 0 Å². The van der Waals surface area contributed by atoms with Crippen LogP contribution in [0.2, 0.25) is 0 Å². The van der Waals surface area contributed by atoms with Crippen LogP contribution in [0, 0.1) is 5.41 Å². The molecule has 1 aliphatic heterocycles. The van der Waals surface area contributed by atoms with Gasteiger partial charge >= 0.3 is 0 Å². The Morgan fingerprint density at radius 2 is 1.62 bits per heavy atom. The molecule has 5 nitrogen and oxygen atoms in total. The van der Waals surface area contributed by atoms with Gasteiger partial charge in [0, 0.05) is 54.1 Å². The first-order valence-electron chi connectivity index (χ1n) is 11.5. The third-order valence-electron chi connectivity index (χ3n) is 6.72. The molecule has 4 rings (SSSR count). The fourth-order valence-electron chi connectivity index (χ4n) is 5.15. The SMILES string of the molecule is CCN(CC)c1ccc(C2C3=C(CC(C)(C)CC3=O)Nc3cc(OC)c(OC)cc32)cc1. The molecule has 0 amide bonds. The highest BCUT2D eigenvalue weighted by molar-refractivity contribution is 6.01. The number of benzene rings is 2. The maximum atomic E-state index is 13.4. The maximum Gasteiger partial charge on any atom is 0.162 e. The number of ether oxygens (including phenoxy) is 2. The number of anilines is 2. The number of nitrogens with zero attached hydrogens (tertiary/aromatic N) is 1. The molecule has 0 saturated heterocycles. The van der Waals surface area contributed by atoms with Gasteiger partial charge in [0.1, 0.15) is 0 Å². The summed E-state index contributed by atoms with van der Waals surface area (Å²) in [5, 5.41) is 3.57. The number of carbonyl (C=O) groups excluding carboxylic acids is 1. The van der Waals surface area contributed by atoms with Crippen LogP contribution in [0.15, 0.2) is 47.7 Å². The Labute approximate surface area is 191 Å². The summed E-state index contributed by atoms with van der Waals surface area (Å²) in [5.41, 5.74) is 6.20. The van der Waals surface area contributed by atoms with E-state index < -0.39 is 0 Å². The number of allylic oxidation sites excluding steroid dienone is 2. The smallest absolute Gasteiger partial charge is 0.162 e. The Kier molecular flexibility index (Phi) is 5.93. The first kappa shape index (κ1) is 22.3. The second-order valence-electron chi connectivity index (χ2n) is 9.45. The van der Waals surface area contributed by atoms with Gasteiger partial charge in [-0.15, -0.1) is 0 Å². The number of rotatable bonds is 6. The minimum atomic E-state index is -0.129. The van der Waals surface area contributed by atoms with E-state index in [0.29, 0.717) is 17.9 Å². The lowest BCUT2D eigenvalue weighted by Crippen LogP contribution is -2.33. The molecule has 1 heterocycles. The van der Waals surface area contributed by atoms with E-state index in [1.54, 1.807) is 14.2 Å². The van der Waals surface area contributed by atoms with E-state index in [-0.39, 0.29) is 17.1 Å². The van der Waals surface area contributed by atoms with Crippen molar-refractivity contribution >= 4 is 17.2 Å². The summed E-state index contributed by atoms with van der Waals surface area (Å²) in [5.74, 6) is 1.45. The zero-order valence-corrected chi connectivity index (χ0v) is 20.0. The molecule has 0 aromatic heterocycles. The number of hydrogen-bond donors (Lipinski definition) is 1. The normalized spacial score (nSPS) is 19.1. The van der Waals surface area contributed by atoms with E-state index >= 15 is 0 Å². The van der Waals surface area contributed by atoms with Crippen molar-refractivity contribution in [3.05, 3.63) is 58.8 Å². The van der Waals surface area contributed by atoms with Crippen LogP contribution in [0.4, 0.5) is 11.4 Å². The van der Waals surface area contributed by atoms with Crippen molar-refractivity contribution < 1.29 is 14.3 Å². The van der Waals surface area contributed by atoms with Gasteiger partial charge in [0.25, 0.3) is 0 Å². The van der Waals surface area contributed by atoms with Crippen LogP contribution in [0.5, 0.6) is 11.5 Å². The predicted molar refractivity (Wildman–Crippen MR) is 130 cm³/mol. The fraction of sp³-hybridized carbons (Fsp3) is 0.444. The third-order valence-corrected chi connectivity index (χ3v) is 6.72. The third kappa shape index (κ3) is 3.85. The number of methoxy groups -OCH3 is 2. The van der Waals surface area contributed by atoms with Gasteiger partial charge in [0.2, 0.25) is 0 Å². The molecule has 0 fully saturated rings. The molecule has 1 N–H and O–H groups in total. The monoisotopic (exact) mass is 434 g/mol. The molecule has 0 saturated carbocycles. The Morgan fingerprint density at radius 1 is 1.00 bits per heavy atom. The summed E-state index contributed by atoms with van der Waals surface area (Å²) in [6.07, 6.45) is 1.40. The van der Waals surface area contributed by atoms with Gasteiger partial charge in [0.15, 0.2) is 17.3 Å². The zero-order chi connectivity index (χ0) is 23.0. The number of carbonyl (C=O) groups is 1. The molecule has 1 atom stereocenters. The lowest BCUT2D eigenvalue weighted by Gasteiger charge is -2.39. The van der Waals surface area contributed by atoms with Gasteiger partial charge in [0.05, 0.1) is 14.2 Å². The van der Waals surface area contributed by atoms with Crippen LogP contribution < -0.4 is 19.7 Å². The van der Waals surface area contributed by atoms with Crippen molar-refractivity contribution in [2.45, 2.75) is 46.5 Å². The molecule has 2 aromatic carbocycles. The minimum absolute atomic E-state index is 0.0614. The minimum Gasteiger partial charge on any atom is -0.493 e. The summed E-state index contributed by atoms with van der Waals surface area (Å²) in [6, 6.07) is 12.7. The Bertz CT molecular complexity index is 1050. The van der Waals surface area contributed by atoms with E-state index in [1.165, 1.54) is 5.69 Å². The van der Waals surface area contributed by atoms with E-state index in [0.717, 1.165) is 47.6 Å².